The summed E-state index contributed by atoms with van der Waals surface area (Å²) in [6, 6.07) is 15.2. The molecule has 1 spiro atoms. The Morgan fingerprint density at radius 3 is 2.35 bits per heavy atom. The number of carbonyl (C=O) groups is 2. The van der Waals surface area contributed by atoms with E-state index in [-0.39, 0.29) is 17.8 Å². The van der Waals surface area contributed by atoms with Crippen molar-refractivity contribution in [3.8, 4) is 5.75 Å². The van der Waals surface area contributed by atoms with E-state index in [4.69, 9.17) is 4.74 Å². The molecule has 4 rings (SSSR count). The fourth-order valence-electron chi connectivity index (χ4n) is 4.77. The molecule has 182 valence electrons. The largest absolute Gasteiger partial charge is 0.573 e. The molecule has 1 saturated carbocycles. The lowest BCUT2D eigenvalue weighted by Crippen LogP contribution is -2.40. The molecule has 1 N–H and O–H groups in total. The summed E-state index contributed by atoms with van der Waals surface area (Å²) in [5.74, 6) is -0.347. The first-order valence-electron chi connectivity index (χ1n) is 11.4. The summed E-state index contributed by atoms with van der Waals surface area (Å²) in [6.07, 6.45) is -1.62. The van der Waals surface area contributed by atoms with Gasteiger partial charge in [0.15, 0.2) is 0 Å². The fourth-order valence-corrected chi connectivity index (χ4v) is 4.77. The number of benzene rings is 2. The van der Waals surface area contributed by atoms with E-state index in [9.17, 15) is 22.8 Å². The van der Waals surface area contributed by atoms with E-state index >= 15 is 0 Å². The second-order valence-corrected chi connectivity index (χ2v) is 8.80. The van der Waals surface area contributed by atoms with Crippen LogP contribution in [0.3, 0.4) is 0 Å². The minimum Gasteiger partial charge on any atom is -0.446 e. The molecule has 6 nitrogen and oxygen atoms in total. The molecule has 0 unspecified atom stereocenters. The summed E-state index contributed by atoms with van der Waals surface area (Å²) >= 11 is 0. The molecule has 2 fully saturated rings. The van der Waals surface area contributed by atoms with Crippen molar-refractivity contribution in [1.29, 1.82) is 0 Å². The highest BCUT2D eigenvalue weighted by molar-refractivity contribution is 6.00. The topological polar surface area (TPSA) is 67.9 Å². The van der Waals surface area contributed by atoms with Crippen molar-refractivity contribution in [1.82, 2.24) is 5.32 Å². The van der Waals surface area contributed by atoms with E-state index in [0.717, 1.165) is 12.0 Å². The number of ether oxygens (including phenoxy) is 2. The zero-order valence-electron chi connectivity index (χ0n) is 18.6. The van der Waals surface area contributed by atoms with Gasteiger partial charge in [0.05, 0.1) is 5.41 Å². The summed E-state index contributed by atoms with van der Waals surface area (Å²) in [7, 11) is 0. The predicted octanol–water partition coefficient (Wildman–Crippen LogP) is 5.22. The molecule has 1 aliphatic carbocycles. The van der Waals surface area contributed by atoms with Gasteiger partial charge in [-0.2, -0.15) is 0 Å². The normalized spacial score (nSPS) is 22.6. The van der Waals surface area contributed by atoms with Crippen LogP contribution in [0.25, 0.3) is 0 Å². The lowest BCUT2D eigenvalue weighted by atomic mass is 9.72. The molecule has 0 atom stereocenters. The van der Waals surface area contributed by atoms with Crippen LogP contribution in [0, 0.1) is 5.41 Å². The van der Waals surface area contributed by atoms with Crippen LogP contribution in [0.4, 0.5) is 23.7 Å². The summed E-state index contributed by atoms with van der Waals surface area (Å²) in [6.45, 7) is 0.990. The van der Waals surface area contributed by atoms with Crippen LogP contribution < -0.4 is 15.0 Å². The number of anilines is 1. The first kappa shape index (κ1) is 23.9. The molecule has 1 saturated heterocycles. The van der Waals surface area contributed by atoms with Gasteiger partial charge in [0.1, 0.15) is 11.9 Å². The third kappa shape index (κ3) is 5.81. The molecule has 0 radical (unpaired) electrons. The Kier molecular flexibility index (Phi) is 7.00. The van der Waals surface area contributed by atoms with E-state index < -0.39 is 17.9 Å². The van der Waals surface area contributed by atoms with Crippen molar-refractivity contribution < 1.29 is 32.2 Å². The standard InChI is InChI=1S/C25H27F3N2O4/c26-25(27,28)34-21-8-6-19(7-9-21)30-17-15-24(22(30)31)13-10-20(11-14-24)33-23(32)29-16-12-18-4-2-1-3-5-18/h1-9,20H,10-17H2,(H,29,32)/t20-,24-. The smallest absolute Gasteiger partial charge is 0.446 e. The molecular weight excluding hydrogens is 449 g/mol. The number of amides is 2. The molecule has 1 heterocycles. The molecule has 0 aromatic heterocycles. The van der Waals surface area contributed by atoms with Crippen LogP contribution >= 0.6 is 0 Å². The Balaban J connectivity index is 1.24. The number of alkyl halides is 3. The van der Waals surface area contributed by atoms with Crippen molar-refractivity contribution >= 4 is 17.7 Å². The number of nitrogens with zero attached hydrogens (tertiary/aromatic N) is 1. The Bertz CT molecular complexity index is 987. The van der Waals surface area contributed by atoms with Gasteiger partial charge in [-0.15, -0.1) is 13.2 Å². The van der Waals surface area contributed by atoms with E-state index in [1.54, 1.807) is 4.90 Å². The molecule has 2 amide bonds. The van der Waals surface area contributed by atoms with Gasteiger partial charge in [0.2, 0.25) is 5.91 Å². The van der Waals surface area contributed by atoms with E-state index in [2.05, 4.69) is 10.1 Å². The minimum atomic E-state index is -4.76. The number of alkyl carbamates (subject to hydrolysis) is 1. The fraction of sp³-hybridized carbons (Fsp3) is 0.440. The highest BCUT2D eigenvalue weighted by atomic mass is 19.4. The Morgan fingerprint density at radius 1 is 1.03 bits per heavy atom. The maximum Gasteiger partial charge on any atom is 0.573 e. The zero-order chi connectivity index (χ0) is 24.2. The molecule has 0 bridgehead atoms. The summed E-state index contributed by atoms with van der Waals surface area (Å²) < 4.78 is 46.5. The SMILES string of the molecule is O=C(NCCc1ccccc1)O[C@H]1CC[C@@]2(CCN(c3ccc(OC(F)(F)F)cc3)C2=O)CC1. The summed E-state index contributed by atoms with van der Waals surface area (Å²) in [4.78, 5) is 27.0. The first-order chi connectivity index (χ1) is 16.2. The Morgan fingerprint density at radius 2 is 1.71 bits per heavy atom. The molecule has 9 heteroatoms. The zero-order valence-corrected chi connectivity index (χ0v) is 18.6. The van der Waals surface area contributed by atoms with Gasteiger partial charge in [0, 0.05) is 18.8 Å². The van der Waals surface area contributed by atoms with E-state index in [0.29, 0.717) is 50.9 Å². The third-order valence-electron chi connectivity index (χ3n) is 6.58. The number of halogens is 3. The summed E-state index contributed by atoms with van der Waals surface area (Å²) in [5, 5.41) is 2.78. The number of hydrogen-bond donors (Lipinski definition) is 1. The Hall–Kier alpha value is -3.23. The highest BCUT2D eigenvalue weighted by Gasteiger charge is 2.49. The number of hydrogen-bond acceptors (Lipinski definition) is 4. The minimum absolute atomic E-state index is 0.0252. The van der Waals surface area contributed by atoms with Crippen molar-refractivity contribution in [2.75, 3.05) is 18.0 Å². The van der Waals surface area contributed by atoms with Gasteiger partial charge in [-0.3, -0.25) is 4.79 Å². The number of rotatable bonds is 6. The van der Waals surface area contributed by atoms with Gasteiger partial charge in [-0.1, -0.05) is 30.3 Å². The maximum absolute atomic E-state index is 13.2. The van der Waals surface area contributed by atoms with Gasteiger partial charge in [-0.25, -0.2) is 4.79 Å². The molecular formula is C25H27F3N2O4. The molecule has 2 aliphatic rings. The predicted molar refractivity (Wildman–Crippen MR) is 119 cm³/mol. The van der Waals surface area contributed by atoms with Crippen LogP contribution in [0.5, 0.6) is 5.75 Å². The molecule has 2 aromatic carbocycles. The second kappa shape index (κ2) is 9.95. The highest BCUT2D eigenvalue weighted by Crippen LogP contribution is 2.46. The van der Waals surface area contributed by atoms with Crippen molar-refractivity contribution in [2.45, 2.75) is 51.0 Å². The molecule has 34 heavy (non-hydrogen) atoms. The van der Waals surface area contributed by atoms with Gasteiger partial charge in [-0.05, 0) is 68.4 Å². The quantitative estimate of drug-likeness (QED) is 0.621. The lowest BCUT2D eigenvalue weighted by molar-refractivity contribution is -0.274. The van der Waals surface area contributed by atoms with E-state index in [1.165, 1.54) is 24.3 Å². The lowest BCUT2D eigenvalue weighted by Gasteiger charge is -2.35. The van der Waals surface area contributed by atoms with Crippen LogP contribution in [0.15, 0.2) is 54.6 Å². The number of nitrogens with one attached hydrogen (secondary N) is 1. The average molecular weight is 476 g/mol. The third-order valence-corrected chi connectivity index (χ3v) is 6.58. The van der Waals surface area contributed by atoms with Crippen LogP contribution in [-0.4, -0.2) is 37.6 Å². The monoisotopic (exact) mass is 476 g/mol. The average Bonchev–Trinajstić information content (AvgIpc) is 3.11. The molecule has 2 aromatic rings. The first-order valence-corrected chi connectivity index (χ1v) is 11.4. The van der Waals surface area contributed by atoms with Crippen LogP contribution in [0.2, 0.25) is 0 Å². The second-order valence-electron chi connectivity index (χ2n) is 8.80. The molecule has 1 aliphatic heterocycles. The maximum atomic E-state index is 13.2. The van der Waals surface area contributed by atoms with Gasteiger partial charge >= 0.3 is 12.5 Å². The van der Waals surface area contributed by atoms with Crippen molar-refractivity contribution in [2.24, 2.45) is 5.41 Å². The Labute approximate surface area is 196 Å². The van der Waals surface area contributed by atoms with Crippen molar-refractivity contribution in [3.63, 3.8) is 0 Å². The van der Waals surface area contributed by atoms with Crippen LogP contribution in [-0.2, 0) is 16.0 Å². The van der Waals surface area contributed by atoms with E-state index in [1.807, 2.05) is 30.3 Å². The van der Waals surface area contributed by atoms with Crippen molar-refractivity contribution in [3.05, 3.63) is 60.2 Å². The van der Waals surface area contributed by atoms with Gasteiger partial charge < -0.3 is 19.7 Å². The van der Waals surface area contributed by atoms with Crippen LogP contribution in [0.1, 0.15) is 37.7 Å². The summed E-state index contributed by atoms with van der Waals surface area (Å²) in [5.41, 5.74) is 1.17. The number of carbonyl (C=O) groups excluding carboxylic acids is 2. The van der Waals surface area contributed by atoms with Gasteiger partial charge in [0.25, 0.3) is 0 Å².